The lowest BCUT2D eigenvalue weighted by Crippen LogP contribution is -2.56. The van der Waals surface area contributed by atoms with Gasteiger partial charge in [0.2, 0.25) is 0 Å². The molecule has 3 unspecified atom stereocenters. The number of benzene rings is 2. The first kappa shape index (κ1) is 34.3. The van der Waals surface area contributed by atoms with Crippen molar-refractivity contribution in [1.82, 2.24) is 5.06 Å². The Bertz CT molecular complexity index is 1040. The molecule has 3 atom stereocenters. The molecule has 4 nitrogen and oxygen atoms in total. The van der Waals surface area contributed by atoms with Crippen molar-refractivity contribution in [1.29, 1.82) is 0 Å². The van der Waals surface area contributed by atoms with Crippen LogP contribution in [0.4, 0.5) is 0 Å². The zero-order valence-electron chi connectivity index (χ0n) is 26.9. The second kappa shape index (κ2) is 14.3. The maximum absolute atomic E-state index is 14.0. The molecule has 0 aliphatic carbocycles. The van der Waals surface area contributed by atoms with E-state index in [2.05, 4.69) is 116 Å². The van der Waals surface area contributed by atoms with Crippen LogP contribution in [-0.2, 0) is 20.2 Å². The van der Waals surface area contributed by atoms with Gasteiger partial charge in [0.1, 0.15) is 0 Å². The largest absolute Gasteiger partial charge is 0.465 e. The van der Waals surface area contributed by atoms with Gasteiger partial charge in [-0.3, -0.25) is 9.63 Å². The third-order valence-corrected chi connectivity index (χ3v) is 8.50. The Morgan fingerprint density at radius 2 is 1.45 bits per heavy atom. The second-order valence-corrected chi connectivity index (χ2v) is 13.9. The fourth-order valence-corrected chi connectivity index (χ4v) is 6.00. The molecule has 224 valence electrons. The molecule has 0 heterocycles. The molecule has 0 saturated carbocycles. The molecule has 0 radical (unpaired) electrons. The van der Waals surface area contributed by atoms with Gasteiger partial charge in [-0.15, -0.1) is 11.6 Å². The van der Waals surface area contributed by atoms with Gasteiger partial charge in [-0.1, -0.05) is 103 Å². The Morgan fingerprint density at radius 3 is 1.93 bits per heavy atom. The predicted octanol–water partition coefficient (Wildman–Crippen LogP) is 9.72. The smallest absolute Gasteiger partial charge is 0.312 e. The highest BCUT2D eigenvalue weighted by molar-refractivity contribution is 6.17. The molecule has 2 aromatic carbocycles. The van der Waals surface area contributed by atoms with E-state index in [1.54, 1.807) is 0 Å². The Kier molecular flexibility index (Phi) is 12.3. The van der Waals surface area contributed by atoms with Crippen LogP contribution in [0, 0.1) is 17.3 Å². The minimum absolute atomic E-state index is 0.000805. The van der Waals surface area contributed by atoms with Gasteiger partial charge in [0.05, 0.1) is 24.2 Å². The van der Waals surface area contributed by atoms with Gasteiger partial charge < -0.3 is 4.74 Å². The number of esters is 1. The standard InChI is InChI=1S/C35H54ClNO3/c1-12-13-23-39-32(38)31(34(8,9)26(4)28-21-19-27(24-36)20-22-28)35(10,11)40-37(33(5,6)7)30(25(2)3)29-17-15-14-16-18-29/h14-22,25-26,30-31H,12-13,23-24H2,1-11H3. The highest BCUT2D eigenvalue weighted by Gasteiger charge is 2.52. The molecule has 0 aliphatic heterocycles. The van der Waals surface area contributed by atoms with E-state index in [9.17, 15) is 4.79 Å². The molecule has 2 rings (SSSR count). The third-order valence-electron chi connectivity index (χ3n) is 8.19. The van der Waals surface area contributed by atoms with Crippen LogP contribution in [0.2, 0.25) is 0 Å². The predicted molar refractivity (Wildman–Crippen MR) is 168 cm³/mol. The molecule has 0 saturated heterocycles. The maximum atomic E-state index is 14.0. The van der Waals surface area contributed by atoms with Crippen LogP contribution in [0.25, 0.3) is 0 Å². The number of hydrogen-bond acceptors (Lipinski definition) is 4. The second-order valence-electron chi connectivity index (χ2n) is 13.7. The Labute approximate surface area is 249 Å². The van der Waals surface area contributed by atoms with E-state index >= 15 is 0 Å². The van der Waals surface area contributed by atoms with Crippen LogP contribution in [0.5, 0.6) is 0 Å². The summed E-state index contributed by atoms with van der Waals surface area (Å²) < 4.78 is 5.94. The minimum atomic E-state index is -0.869. The molecule has 0 spiro atoms. The molecule has 0 bridgehead atoms. The van der Waals surface area contributed by atoms with Crippen LogP contribution >= 0.6 is 11.6 Å². The third kappa shape index (κ3) is 8.57. The molecule has 2 aromatic rings. The number of nitrogens with zero attached hydrogens (tertiary/aromatic N) is 1. The lowest BCUT2D eigenvalue weighted by Gasteiger charge is -2.51. The van der Waals surface area contributed by atoms with Gasteiger partial charge >= 0.3 is 5.97 Å². The van der Waals surface area contributed by atoms with Crippen molar-refractivity contribution in [2.45, 2.75) is 118 Å². The van der Waals surface area contributed by atoms with Gasteiger partial charge in [0.25, 0.3) is 0 Å². The van der Waals surface area contributed by atoms with Crippen LogP contribution < -0.4 is 0 Å². The highest BCUT2D eigenvalue weighted by Crippen LogP contribution is 2.49. The van der Waals surface area contributed by atoms with Gasteiger partial charge in [-0.2, -0.15) is 5.06 Å². The number of halogens is 1. The summed E-state index contributed by atoms with van der Waals surface area (Å²) in [5, 5.41) is 2.12. The zero-order chi connectivity index (χ0) is 30.3. The Balaban J connectivity index is 2.59. The molecule has 0 aliphatic rings. The Morgan fingerprint density at radius 1 is 0.875 bits per heavy atom. The summed E-state index contributed by atoms with van der Waals surface area (Å²) >= 11 is 6.06. The monoisotopic (exact) mass is 571 g/mol. The van der Waals surface area contributed by atoms with Crippen molar-refractivity contribution in [3.63, 3.8) is 0 Å². The number of hydroxylamine groups is 2. The summed E-state index contributed by atoms with van der Waals surface area (Å²) in [5.41, 5.74) is 1.75. The number of unbranched alkanes of at least 4 members (excludes halogenated alkanes) is 1. The van der Waals surface area contributed by atoms with E-state index in [0.717, 1.165) is 24.0 Å². The fraction of sp³-hybridized carbons (Fsp3) is 0.629. The van der Waals surface area contributed by atoms with E-state index in [0.29, 0.717) is 12.5 Å². The van der Waals surface area contributed by atoms with Crippen LogP contribution in [0.1, 0.15) is 118 Å². The molecule has 0 fully saturated rings. The average molecular weight is 572 g/mol. The summed E-state index contributed by atoms with van der Waals surface area (Å²) in [6, 6.07) is 18.9. The number of alkyl halides is 1. The highest BCUT2D eigenvalue weighted by atomic mass is 35.5. The lowest BCUT2D eigenvalue weighted by atomic mass is 9.62. The first-order valence-corrected chi connectivity index (χ1v) is 15.5. The van der Waals surface area contributed by atoms with Crippen molar-refractivity contribution in [3.8, 4) is 0 Å². The number of carbonyl (C=O) groups excluding carboxylic acids is 1. The Hall–Kier alpha value is -1.88. The molecule has 0 aromatic heterocycles. The summed E-state index contributed by atoms with van der Waals surface area (Å²) in [7, 11) is 0. The van der Waals surface area contributed by atoms with Crippen LogP contribution in [0.15, 0.2) is 54.6 Å². The first-order valence-electron chi connectivity index (χ1n) is 14.9. The number of ether oxygens (including phenoxy) is 1. The van der Waals surface area contributed by atoms with E-state index in [4.69, 9.17) is 21.2 Å². The minimum Gasteiger partial charge on any atom is -0.465 e. The van der Waals surface area contributed by atoms with E-state index in [-0.39, 0.29) is 29.4 Å². The van der Waals surface area contributed by atoms with Crippen molar-refractivity contribution in [3.05, 3.63) is 71.3 Å². The SMILES string of the molecule is CCCCOC(=O)C(C(C)(C)ON(C(c1ccccc1)C(C)C)C(C)(C)C)C(C)(C)C(C)c1ccc(CCl)cc1. The van der Waals surface area contributed by atoms with Crippen LogP contribution in [-0.4, -0.2) is 28.8 Å². The molecule has 40 heavy (non-hydrogen) atoms. The fourth-order valence-electron chi connectivity index (χ4n) is 5.82. The summed E-state index contributed by atoms with van der Waals surface area (Å²) in [6.45, 7) is 24.1. The van der Waals surface area contributed by atoms with E-state index in [1.165, 1.54) is 5.56 Å². The summed E-state index contributed by atoms with van der Waals surface area (Å²) in [4.78, 5) is 21.1. The first-order chi connectivity index (χ1) is 18.6. The molecule has 0 N–H and O–H groups in total. The van der Waals surface area contributed by atoms with Crippen molar-refractivity contribution in [2.75, 3.05) is 6.61 Å². The van der Waals surface area contributed by atoms with Crippen LogP contribution in [0.3, 0.4) is 0 Å². The lowest BCUT2D eigenvalue weighted by molar-refractivity contribution is -0.319. The summed E-state index contributed by atoms with van der Waals surface area (Å²) in [5.74, 6) is 0.0727. The maximum Gasteiger partial charge on any atom is 0.312 e. The number of carbonyl (C=O) groups is 1. The van der Waals surface area contributed by atoms with Crippen molar-refractivity contribution >= 4 is 17.6 Å². The topological polar surface area (TPSA) is 38.8 Å². The average Bonchev–Trinajstić information content (AvgIpc) is 2.87. The molecule has 5 heteroatoms. The number of rotatable bonds is 14. The van der Waals surface area contributed by atoms with E-state index in [1.807, 2.05) is 19.9 Å². The van der Waals surface area contributed by atoms with Gasteiger partial charge in [-0.05, 0) is 75.0 Å². The van der Waals surface area contributed by atoms with Crippen molar-refractivity contribution < 1.29 is 14.4 Å². The quantitative estimate of drug-likeness (QED) is 0.0978. The number of hydrogen-bond donors (Lipinski definition) is 0. The van der Waals surface area contributed by atoms with Gasteiger partial charge in [-0.25, -0.2) is 0 Å². The molecular weight excluding hydrogens is 518 g/mol. The van der Waals surface area contributed by atoms with Gasteiger partial charge in [0.15, 0.2) is 0 Å². The normalized spacial score (nSPS) is 15.2. The molecular formula is C35H54ClNO3. The van der Waals surface area contributed by atoms with E-state index < -0.39 is 16.9 Å². The molecule has 0 amide bonds. The van der Waals surface area contributed by atoms with Crippen molar-refractivity contribution in [2.24, 2.45) is 17.3 Å². The summed E-state index contributed by atoms with van der Waals surface area (Å²) in [6.07, 6.45) is 1.81. The van der Waals surface area contributed by atoms with Gasteiger partial charge in [0, 0.05) is 11.4 Å². The zero-order valence-corrected chi connectivity index (χ0v) is 27.6.